The summed E-state index contributed by atoms with van der Waals surface area (Å²) in [6, 6.07) is 14.2. The molecule has 0 aliphatic carbocycles. The van der Waals surface area contributed by atoms with Crippen LogP contribution in [0.25, 0.3) is 5.76 Å². The number of amides is 1. The zero-order valence-corrected chi connectivity index (χ0v) is 17.3. The fourth-order valence-electron chi connectivity index (χ4n) is 4.07. The summed E-state index contributed by atoms with van der Waals surface area (Å²) >= 11 is 0. The van der Waals surface area contributed by atoms with Crippen molar-refractivity contribution in [1.29, 1.82) is 0 Å². The average Bonchev–Trinajstić information content (AvgIpc) is 3.02. The number of ketones is 1. The fourth-order valence-corrected chi connectivity index (χ4v) is 4.07. The number of hydrogen-bond acceptors (Lipinski definition) is 5. The average molecular weight is 406 g/mol. The van der Waals surface area contributed by atoms with Gasteiger partial charge in [-0.15, -0.1) is 0 Å². The van der Waals surface area contributed by atoms with E-state index in [1.807, 2.05) is 55.3 Å². The van der Waals surface area contributed by atoms with E-state index >= 15 is 0 Å². The summed E-state index contributed by atoms with van der Waals surface area (Å²) in [5.74, 6) is -0.608. The van der Waals surface area contributed by atoms with Crippen molar-refractivity contribution in [2.75, 3.05) is 31.6 Å². The van der Waals surface area contributed by atoms with Crippen LogP contribution < -0.4 is 9.64 Å². The second kappa shape index (κ2) is 8.22. The molecule has 0 saturated carbocycles. The maximum atomic E-state index is 13.0. The Morgan fingerprint density at radius 3 is 2.67 bits per heavy atom. The number of aliphatic hydroxyl groups excluding tert-OH is 1. The number of nitrogens with zero attached hydrogens (tertiary/aromatic N) is 2. The summed E-state index contributed by atoms with van der Waals surface area (Å²) in [6.07, 6.45) is 1.69. The summed E-state index contributed by atoms with van der Waals surface area (Å²) in [5.41, 5.74) is 2.30. The Morgan fingerprint density at radius 2 is 1.93 bits per heavy atom. The largest absolute Gasteiger partial charge is 0.507 e. The summed E-state index contributed by atoms with van der Waals surface area (Å²) in [4.78, 5) is 29.4. The van der Waals surface area contributed by atoms with Crippen molar-refractivity contribution in [3.05, 3.63) is 65.2 Å². The van der Waals surface area contributed by atoms with E-state index in [1.165, 1.54) is 0 Å². The topological polar surface area (TPSA) is 70.1 Å². The van der Waals surface area contributed by atoms with Gasteiger partial charge in [-0.1, -0.05) is 43.7 Å². The van der Waals surface area contributed by atoms with Gasteiger partial charge < -0.3 is 19.6 Å². The SMILES string of the molecule is CCCCN1C(=O)C(=O)/C(=C(\O)c2ccc3c(c2)N(C)CCO3)C1c1ccccc1. The third-order valence-electron chi connectivity index (χ3n) is 5.74. The van der Waals surface area contributed by atoms with Gasteiger partial charge in [0, 0.05) is 19.2 Å². The molecule has 0 aromatic heterocycles. The van der Waals surface area contributed by atoms with E-state index in [0.717, 1.165) is 36.4 Å². The Balaban J connectivity index is 1.83. The lowest BCUT2D eigenvalue weighted by atomic mass is 9.95. The van der Waals surface area contributed by atoms with Crippen LogP contribution >= 0.6 is 0 Å². The zero-order valence-electron chi connectivity index (χ0n) is 17.3. The number of carbonyl (C=O) groups excluding carboxylic acids is 2. The number of ether oxygens (including phenoxy) is 1. The van der Waals surface area contributed by atoms with Gasteiger partial charge in [-0.3, -0.25) is 9.59 Å². The molecule has 1 atom stereocenters. The molecule has 1 N–H and O–H groups in total. The van der Waals surface area contributed by atoms with Crippen molar-refractivity contribution in [2.24, 2.45) is 0 Å². The number of benzene rings is 2. The number of carbonyl (C=O) groups is 2. The molecule has 1 unspecified atom stereocenters. The molecule has 2 aromatic rings. The molecule has 156 valence electrons. The molecule has 6 heteroatoms. The molecule has 1 fully saturated rings. The van der Waals surface area contributed by atoms with E-state index in [-0.39, 0.29) is 11.3 Å². The summed E-state index contributed by atoms with van der Waals surface area (Å²) in [7, 11) is 1.96. The fraction of sp³-hybridized carbons (Fsp3) is 0.333. The van der Waals surface area contributed by atoms with E-state index in [0.29, 0.717) is 18.7 Å². The zero-order chi connectivity index (χ0) is 21.3. The molecular weight excluding hydrogens is 380 g/mol. The predicted molar refractivity (Wildman–Crippen MR) is 116 cm³/mol. The third-order valence-corrected chi connectivity index (χ3v) is 5.74. The lowest BCUT2D eigenvalue weighted by molar-refractivity contribution is -0.139. The highest BCUT2D eigenvalue weighted by Gasteiger charge is 2.45. The lowest BCUT2D eigenvalue weighted by Gasteiger charge is -2.28. The van der Waals surface area contributed by atoms with E-state index < -0.39 is 17.7 Å². The molecule has 30 heavy (non-hydrogen) atoms. The normalized spacial score (nSPS) is 20.3. The molecule has 0 radical (unpaired) electrons. The van der Waals surface area contributed by atoms with Gasteiger partial charge in [-0.25, -0.2) is 0 Å². The second-order valence-electron chi connectivity index (χ2n) is 7.71. The Bertz CT molecular complexity index is 1000. The predicted octanol–water partition coefficient (Wildman–Crippen LogP) is 3.74. The summed E-state index contributed by atoms with van der Waals surface area (Å²) in [5, 5.41) is 11.2. The summed E-state index contributed by atoms with van der Waals surface area (Å²) < 4.78 is 5.68. The van der Waals surface area contributed by atoms with Gasteiger partial charge in [0.2, 0.25) is 0 Å². The highest BCUT2D eigenvalue weighted by atomic mass is 16.5. The minimum absolute atomic E-state index is 0.140. The quantitative estimate of drug-likeness (QED) is 0.465. The van der Waals surface area contributed by atoms with E-state index in [1.54, 1.807) is 17.0 Å². The van der Waals surface area contributed by atoms with Gasteiger partial charge in [0.05, 0.1) is 23.8 Å². The van der Waals surface area contributed by atoms with Gasteiger partial charge in [0.25, 0.3) is 11.7 Å². The molecule has 2 aliphatic heterocycles. The first-order valence-corrected chi connectivity index (χ1v) is 10.3. The maximum absolute atomic E-state index is 13.0. The number of Topliss-reactive ketones (excluding diaryl/α,β-unsaturated/α-hetero) is 1. The minimum Gasteiger partial charge on any atom is -0.507 e. The van der Waals surface area contributed by atoms with Crippen molar-refractivity contribution in [3.63, 3.8) is 0 Å². The Hall–Kier alpha value is -3.28. The van der Waals surface area contributed by atoms with Gasteiger partial charge >= 0.3 is 0 Å². The van der Waals surface area contributed by atoms with E-state index in [9.17, 15) is 14.7 Å². The van der Waals surface area contributed by atoms with Gasteiger partial charge in [-0.05, 0) is 30.2 Å². The molecular formula is C24H26N2O4. The van der Waals surface area contributed by atoms with Gasteiger partial charge in [0.1, 0.15) is 18.1 Å². The molecule has 0 bridgehead atoms. The van der Waals surface area contributed by atoms with Crippen molar-refractivity contribution in [2.45, 2.75) is 25.8 Å². The molecule has 4 rings (SSSR count). The molecule has 2 aromatic carbocycles. The van der Waals surface area contributed by atoms with Crippen LogP contribution in [0.2, 0.25) is 0 Å². The molecule has 1 amide bonds. The first kappa shape index (κ1) is 20.0. The number of hydrogen-bond donors (Lipinski definition) is 1. The molecule has 2 aliphatic rings. The molecule has 0 spiro atoms. The molecule has 1 saturated heterocycles. The van der Waals surface area contributed by atoms with Crippen LogP contribution in [0.1, 0.15) is 36.9 Å². The van der Waals surface area contributed by atoms with Crippen LogP contribution in [0, 0.1) is 0 Å². The van der Waals surface area contributed by atoms with Crippen molar-refractivity contribution < 1.29 is 19.4 Å². The van der Waals surface area contributed by atoms with Crippen LogP contribution in [0.5, 0.6) is 5.75 Å². The monoisotopic (exact) mass is 406 g/mol. The number of likely N-dealkylation sites (N-methyl/N-ethyl adjacent to an activating group) is 1. The molecule has 2 heterocycles. The number of fused-ring (bicyclic) bond motifs is 1. The highest BCUT2D eigenvalue weighted by molar-refractivity contribution is 6.46. The first-order valence-electron chi connectivity index (χ1n) is 10.3. The smallest absolute Gasteiger partial charge is 0.295 e. The number of anilines is 1. The van der Waals surface area contributed by atoms with Crippen molar-refractivity contribution in [1.82, 2.24) is 4.90 Å². The van der Waals surface area contributed by atoms with E-state index in [2.05, 4.69) is 0 Å². The van der Waals surface area contributed by atoms with Crippen LogP contribution in [-0.2, 0) is 9.59 Å². The lowest BCUT2D eigenvalue weighted by Crippen LogP contribution is -2.30. The number of likely N-dealkylation sites (tertiary alicyclic amines) is 1. The Labute approximate surface area is 176 Å². The minimum atomic E-state index is -0.639. The number of unbranched alkanes of at least 4 members (excludes halogenated alkanes) is 1. The van der Waals surface area contributed by atoms with E-state index in [4.69, 9.17) is 4.74 Å². The van der Waals surface area contributed by atoms with Crippen LogP contribution in [-0.4, -0.2) is 48.4 Å². The number of rotatable bonds is 5. The summed E-state index contributed by atoms with van der Waals surface area (Å²) in [6.45, 7) is 3.85. The number of aliphatic hydroxyl groups is 1. The van der Waals surface area contributed by atoms with Crippen molar-refractivity contribution >= 4 is 23.1 Å². The van der Waals surface area contributed by atoms with Crippen LogP contribution in [0.3, 0.4) is 0 Å². The van der Waals surface area contributed by atoms with Crippen LogP contribution in [0.15, 0.2) is 54.1 Å². The van der Waals surface area contributed by atoms with Gasteiger partial charge in [0.15, 0.2) is 0 Å². The second-order valence-corrected chi connectivity index (χ2v) is 7.71. The van der Waals surface area contributed by atoms with Gasteiger partial charge in [-0.2, -0.15) is 0 Å². The molecule has 6 nitrogen and oxygen atoms in total. The Kier molecular flexibility index (Phi) is 5.48. The van der Waals surface area contributed by atoms with Crippen LogP contribution in [0.4, 0.5) is 5.69 Å². The first-order chi connectivity index (χ1) is 14.5. The maximum Gasteiger partial charge on any atom is 0.295 e. The standard InChI is InChI=1S/C24H26N2O4/c1-3-4-12-26-21(16-8-6-5-7-9-16)20(23(28)24(26)29)22(27)17-10-11-19-18(15-17)25(2)13-14-30-19/h5-11,15,21,27H,3-4,12-14H2,1-2H3/b22-20-. The Morgan fingerprint density at radius 1 is 1.17 bits per heavy atom. The van der Waals surface area contributed by atoms with Crippen molar-refractivity contribution in [3.8, 4) is 5.75 Å². The highest BCUT2D eigenvalue weighted by Crippen LogP contribution is 2.41. The third kappa shape index (κ3) is 3.43.